The molecule has 1 heterocycles. The minimum absolute atomic E-state index is 0.212. The molecule has 0 saturated carbocycles. The van der Waals surface area contributed by atoms with Crippen molar-refractivity contribution in [3.05, 3.63) is 29.3 Å². The quantitative estimate of drug-likeness (QED) is 0.788. The number of nitrogens with zero attached hydrogens (tertiary/aromatic N) is 2. The van der Waals surface area contributed by atoms with E-state index >= 15 is 0 Å². The first-order valence-electron chi connectivity index (χ1n) is 6.13. The summed E-state index contributed by atoms with van der Waals surface area (Å²) >= 11 is 3.42. The molecule has 0 radical (unpaired) electrons. The Hall–Kier alpha value is -1.05. The number of hydrogen-bond acceptors (Lipinski definition) is 3. The zero-order valence-corrected chi connectivity index (χ0v) is 12.3. The molecule has 4 heteroatoms. The largest absolute Gasteiger partial charge is 0.375 e. The van der Waals surface area contributed by atoms with Crippen molar-refractivity contribution >= 4 is 21.6 Å². The van der Waals surface area contributed by atoms with Gasteiger partial charge in [0.15, 0.2) is 0 Å². The molecule has 0 amide bonds. The molecule has 1 aromatic rings. The normalized spacial score (nSPS) is 23.8. The number of morpholine rings is 1. The lowest BCUT2D eigenvalue weighted by Gasteiger charge is -2.39. The highest BCUT2D eigenvalue weighted by Gasteiger charge is 2.25. The van der Waals surface area contributed by atoms with Crippen LogP contribution < -0.4 is 4.90 Å². The molecular formula is C14H17BrN2O. The van der Waals surface area contributed by atoms with Crippen LogP contribution in [0.1, 0.15) is 25.0 Å². The highest BCUT2D eigenvalue weighted by atomic mass is 79.9. The van der Waals surface area contributed by atoms with E-state index in [1.165, 1.54) is 0 Å². The number of halogens is 1. The predicted molar refractivity (Wildman–Crippen MR) is 76.0 cm³/mol. The summed E-state index contributed by atoms with van der Waals surface area (Å²) in [7, 11) is 0. The molecule has 18 heavy (non-hydrogen) atoms. The molecule has 1 fully saturated rings. The van der Waals surface area contributed by atoms with Crippen LogP contribution in [0.4, 0.5) is 5.69 Å². The summed E-state index contributed by atoms with van der Waals surface area (Å²) in [4.78, 5) is 2.27. The monoisotopic (exact) mass is 308 g/mol. The van der Waals surface area contributed by atoms with Gasteiger partial charge < -0.3 is 9.64 Å². The number of nitriles is 1. The van der Waals surface area contributed by atoms with Crippen LogP contribution >= 0.6 is 15.9 Å². The van der Waals surface area contributed by atoms with Gasteiger partial charge >= 0.3 is 0 Å². The standard InChI is InChI=1S/C14H17BrN2O/c1-10-9-18-11(2)8-17(10)14-4-3-12(6-15)5-13(14)7-16/h3-5,10-11H,6,8-9H2,1-2H3. The minimum atomic E-state index is 0.212. The first kappa shape index (κ1) is 13.4. The topological polar surface area (TPSA) is 36.3 Å². The van der Waals surface area contributed by atoms with Crippen LogP contribution in [0.15, 0.2) is 18.2 Å². The van der Waals surface area contributed by atoms with Gasteiger partial charge in [-0.2, -0.15) is 5.26 Å². The van der Waals surface area contributed by atoms with Crippen LogP contribution in [0.5, 0.6) is 0 Å². The maximum atomic E-state index is 9.30. The second kappa shape index (κ2) is 5.73. The van der Waals surface area contributed by atoms with Gasteiger partial charge in [0.1, 0.15) is 6.07 Å². The van der Waals surface area contributed by atoms with Crippen LogP contribution in [-0.2, 0) is 10.1 Å². The van der Waals surface area contributed by atoms with E-state index in [1.807, 2.05) is 12.1 Å². The molecular weight excluding hydrogens is 292 g/mol. The summed E-state index contributed by atoms with van der Waals surface area (Å²) in [6, 6.07) is 8.68. The van der Waals surface area contributed by atoms with Crippen molar-refractivity contribution in [3.8, 4) is 6.07 Å². The van der Waals surface area contributed by atoms with Crippen LogP contribution in [0.3, 0.4) is 0 Å². The van der Waals surface area contributed by atoms with E-state index in [-0.39, 0.29) is 6.10 Å². The SMILES string of the molecule is CC1CN(c2ccc(CBr)cc2C#N)C(C)CO1. The molecule has 96 valence electrons. The fraction of sp³-hybridized carbons (Fsp3) is 0.500. The van der Waals surface area contributed by atoms with Crippen LogP contribution in [0, 0.1) is 11.3 Å². The van der Waals surface area contributed by atoms with Crippen LogP contribution in [0.2, 0.25) is 0 Å². The number of benzene rings is 1. The molecule has 1 saturated heterocycles. The van der Waals surface area contributed by atoms with Crippen molar-refractivity contribution in [1.29, 1.82) is 5.26 Å². The fourth-order valence-electron chi connectivity index (χ4n) is 2.25. The summed E-state index contributed by atoms with van der Waals surface area (Å²) in [6.07, 6.45) is 0.212. The van der Waals surface area contributed by atoms with Gasteiger partial charge in [0.2, 0.25) is 0 Å². The summed E-state index contributed by atoms with van der Waals surface area (Å²) in [6.45, 7) is 5.75. The van der Waals surface area contributed by atoms with Crippen molar-refractivity contribution in [1.82, 2.24) is 0 Å². The molecule has 2 atom stereocenters. The zero-order chi connectivity index (χ0) is 13.1. The van der Waals surface area contributed by atoms with Gasteiger partial charge in [-0.1, -0.05) is 22.0 Å². The number of hydrogen-bond donors (Lipinski definition) is 0. The second-order valence-corrected chi connectivity index (χ2v) is 5.30. The molecule has 1 aliphatic rings. The lowest BCUT2D eigenvalue weighted by Crippen LogP contribution is -2.47. The molecule has 3 nitrogen and oxygen atoms in total. The fourth-order valence-corrected chi connectivity index (χ4v) is 2.59. The average molecular weight is 309 g/mol. The predicted octanol–water partition coefficient (Wildman–Crippen LogP) is 3.07. The van der Waals surface area contributed by atoms with Gasteiger partial charge in [-0.15, -0.1) is 0 Å². The highest BCUT2D eigenvalue weighted by molar-refractivity contribution is 9.08. The van der Waals surface area contributed by atoms with E-state index in [9.17, 15) is 5.26 Å². The number of rotatable bonds is 2. The first-order chi connectivity index (χ1) is 8.65. The molecule has 1 aromatic carbocycles. The number of anilines is 1. The van der Waals surface area contributed by atoms with Gasteiger partial charge in [0.25, 0.3) is 0 Å². The third-order valence-corrected chi connectivity index (χ3v) is 3.90. The molecule has 0 aromatic heterocycles. The second-order valence-electron chi connectivity index (χ2n) is 4.74. The number of ether oxygens (including phenoxy) is 1. The smallest absolute Gasteiger partial charge is 0.101 e. The summed E-state index contributed by atoms with van der Waals surface area (Å²) in [5.41, 5.74) is 2.89. The Morgan fingerprint density at radius 1 is 1.50 bits per heavy atom. The number of alkyl halides is 1. The molecule has 0 bridgehead atoms. The molecule has 2 unspecified atom stereocenters. The van der Waals surface area contributed by atoms with Crippen LogP contribution in [-0.4, -0.2) is 25.3 Å². The van der Waals surface area contributed by atoms with Crippen molar-refractivity contribution < 1.29 is 4.74 Å². The first-order valence-corrected chi connectivity index (χ1v) is 7.25. The molecule has 0 N–H and O–H groups in total. The third-order valence-electron chi connectivity index (χ3n) is 3.25. The maximum Gasteiger partial charge on any atom is 0.101 e. The molecule has 0 spiro atoms. The van der Waals surface area contributed by atoms with E-state index in [0.717, 1.165) is 28.7 Å². The molecule has 2 rings (SSSR count). The van der Waals surface area contributed by atoms with Gasteiger partial charge in [0, 0.05) is 17.9 Å². The van der Waals surface area contributed by atoms with E-state index in [2.05, 4.69) is 46.8 Å². The Morgan fingerprint density at radius 3 is 2.94 bits per heavy atom. The van der Waals surface area contributed by atoms with E-state index in [4.69, 9.17) is 4.74 Å². The highest BCUT2D eigenvalue weighted by Crippen LogP contribution is 2.27. The summed E-state index contributed by atoms with van der Waals surface area (Å²) in [5, 5.41) is 10.1. The average Bonchev–Trinajstić information content (AvgIpc) is 2.41. The van der Waals surface area contributed by atoms with E-state index in [0.29, 0.717) is 12.6 Å². The Labute approximate surface area is 116 Å². The Morgan fingerprint density at radius 2 is 2.28 bits per heavy atom. The summed E-state index contributed by atoms with van der Waals surface area (Å²) in [5.74, 6) is 0. The maximum absolute atomic E-state index is 9.30. The zero-order valence-electron chi connectivity index (χ0n) is 10.7. The van der Waals surface area contributed by atoms with Crippen molar-refractivity contribution in [2.75, 3.05) is 18.1 Å². The van der Waals surface area contributed by atoms with Crippen LogP contribution in [0.25, 0.3) is 0 Å². The Kier molecular flexibility index (Phi) is 4.26. The van der Waals surface area contributed by atoms with Crippen molar-refractivity contribution in [2.45, 2.75) is 31.3 Å². The van der Waals surface area contributed by atoms with Crippen molar-refractivity contribution in [2.24, 2.45) is 0 Å². The molecule has 1 aliphatic heterocycles. The van der Waals surface area contributed by atoms with E-state index in [1.54, 1.807) is 0 Å². The molecule has 0 aliphatic carbocycles. The minimum Gasteiger partial charge on any atom is -0.375 e. The summed E-state index contributed by atoms with van der Waals surface area (Å²) < 4.78 is 5.63. The van der Waals surface area contributed by atoms with Crippen molar-refractivity contribution in [3.63, 3.8) is 0 Å². The van der Waals surface area contributed by atoms with Gasteiger partial charge in [-0.05, 0) is 31.5 Å². The lowest BCUT2D eigenvalue weighted by molar-refractivity contribution is 0.0343. The lowest BCUT2D eigenvalue weighted by atomic mass is 10.1. The van der Waals surface area contributed by atoms with Gasteiger partial charge in [-0.3, -0.25) is 0 Å². The Bertz CT molecular complexity index is 469. The van der Waals surface area contributed by atoms with E-state index < -0.39 is 0 Å². The van der Waals surface area contributed by atoms with Gasteiger partial charge in [0.05, 0.1) is 24.0 Å². The van der Waals surface area contributed by atoms with Gasteiger partial charge in [-0.25, -0.2) is 0 Å². The third kappa shape index (κ3) is 2.68. The Balaban J connectivity index is 2.34.